The fourth-order valence-electron chi connectivity index (χ4n) is 2.91. The molecule has 3 N–H and O–H groups in total. The third kappa shape index (κ3) is 7.35. The average Bonchev–Trinajstić information content (AvgIpc) is 3.30. The predicted octanol–water partition coefficient (Wildman–Crippen LogP) is 0.450. The molecule has 1 aromatic heterocycles. The molecular formula is C20H30N4O6S. The number of carbonyl (C=O) groups excluding carboxylic acids is 4. The number of hydrogen-bond donors (Lipinski definition) is 3. The van der Waals surface area contributed by atoms with Crippen molar-refractivity contribution in [2.45, 2.75) is 51.8 Å². The molecule has 3 atom stereocenters. The first-order valence-corrected chi connectivity index (χ1v) is 11.4. The molecule has 0 saturated carbocycles. The van der Waals surface area contributed by atoms with Crippen molar-refractivity contribution in [3.63, 3.8) is 0 Å². The summed E-state index contributed by atoms with van der Waals surface area (Å²) in [6.07, 6.45) is 2.27. The number of amides is 3. The zero-order chi connectivity index (χ0) is 23.2. The van der Waals surface area contributed by atoms with Crippen molar-refractivity contribution in [1.82, 2.24) is 21.1 Å². The van der Waals surface area contributed by atoms with E-state index in [1.165, 1.54) is 17.8 Å². The molecule has 2 heterocycles. The second kappa shape index (κ2) is 10.8. The van der Waals surface area contributed by atoms with Crippen LogP contribution in [-0.4, -0.2) is 71.5 Å². The van der Waals surface area contributed by atoms with Crippen molar-refractivity contribution >= 4 is 35.3 Å². The van der Waals surface area contributed by atoms with Gasteiger partial charge in [-0.15, -0.1) is 0 Å². The summed E-state index contributed by atoms with van der Waals surface area (Å²) in [5, 5.41) is 11.4. The highest BCUT2D eigenvalue weighted by Gasteiger charge is 2.50. The fourth-order valence-corrected chi connectivity index (χ4v) is 3.48. The maximum absolute atomic E-state index is 12.6. The molecule has 1 saturated heterocycles. The number of nitrogens with zero attached hydrogens (tertiary/aromatic N) is 1. The molecule has 0 radical (unpaired) electrons. The van der Waals surface area contributed by atoms with E-state index in [1.54, 1.807) is 20.1 Å². The topological polar surface area (TPSA) is 143 Å². The number of carbonyl (C=O) groups is 4. The average molecular weight is 455 g/mol. The van der Waals surface area contributed by atoms with Crippen LogP contribution >= 0.6 is 11.8 Å². The molecule has 172 valence electrons. The Morgan fingerprint density at radius 2 is 1.90 bits per heavy atom. The Kier molecular flexibility index (Phi) is 8.63. The molecule has 2 rings (SSSR count). The third-order valence-electron chi connectivity index (χ3n) is 4.70. The number of hydrogen-bond acceptors (Lipinski definition) is 8. The van der Waals surface area contributed by atoms with Crippen molar-refractivity contribution in [3.05, 3.63) is 17.5 Å². The van der Waals surface area contributed by atoms with Crippen LogP contribution in [0.2, 0.25) is 0 Å². The molecule has 31 heavy (non-hydrogen) atoms. The lowest BCUT2D eigenvalue weighted by atomic mass is 9.93. The lowest BCUT2D eigenvalue weighted by molar-refractivity contribution is -0.131. The minimum absolute atomic E-state index is 0.0694. The summed E-state index contributed by atoms with van der Waals surface area (Å²) in [4.78, 5) is 49.8. The van der Waals surface area contributed by atoms with Gasteiger partial charge in [-0.1, -0.05) is 19.0 Å². The van der Waals surface area contributed by atoms with Crippen LogP contribution in [0, 0.1) is 12.8 Å². The van der Waals surface area contributed by atoms with Gasteiger partial charge < -0.3 is 25.2 Å². The predicted molar refractivity (Wildman–Crippen MR) is 115 cm³/mol. The molecular weight excluding hydrogens is 424 g/mol. The van der Waals surface area contributed by atoms with Gasteiger partial charge in [-0.25, -0.2) is 0 Å². The van der Waals surface area contributed by atoms with Crippen molar-refractivity contribution < 1.29 is 28.4 Å². The Hall–Kier alpha value is -2.40. The summed E-state index contributed by atoms with van der Waals surface area (Å²) in [6, 6.07) is -0.0829. The standard InChI is InChI=1S/C20H30N4O6S/c1-11(2)6-13(17(26)20(4)10-29-20)22-16(25)8-21-18(27)15(9-31-5)23-19(28)14-7-12(3)30-24-14/h7,11,13,15H,6,8-10H2,1-5H3,(H,21,27)(H,22,25)(H,23,28)/t13-,15+,20+/m0/s1. The van der Waals surface area contributed by atoms with Gasteiger partial charge in [0, 0.05) is 11.8 Å². The first kappa shape index (κ1) is 24.9. The molecule has 1 aromatic rings. The van der Waals surface area contributed by atoms with Crippen LogP contribution in [0.4, 0.5) is 0 Å². The number of aromatic nitrogens is 1. The SMILES string of the molecule is CSC[C@@H](NC(=O)c1cc(C)on1)C(=O)NCC(=O)N[C@@H](CC(C)C)C(=O)[C@@]1(C)CO1. The van der Waals surface area contributed by atoms with Gasteiger partial charge in [0.15, 0.2) is 11.5 Å². The van der Waals surface area contributed by atoms with Crippen LogP contribution < -0.4 is 16.0 Å². The van der Waals surface area contributed by atoms with Crippen LogP contribution in [0.5, 0.6) is 0 Å². The minimum Gasteiger partial charge on any atom is -0.361 e. The number of Topliss-reactive ketones (excluding diaryl/α,β-unsaturated/α-hetero) is 1. The summed E-state index contributed by atoms with van der Waals surface area (Å²) >= 11 is 1.37. The third-order valence-corrected chi connectivity index (χ3v) is 5.36. The van der Waals surface area contributed by atoms with Crippen LogP contribution in [0.25, 0.3) is 0 Å². The van der Waals surface area contributed by atoms with Crippen LogP contribution in [-0.2, 0) is 19.1 Å². The van der Waals surface area contributed by atoms with Gasteiger partial charge in [0.2, 0.25) is 11.8 Å². The molecule has 1 aliphatic rings. The van der Waals surface area contributed by atoms with E-state index < -0.39 is 35.4 Å². The largest absolute Gasteiger partial charge is 0.361 e. The Bertz CT molecular complexity index is 820. The molecule has 1 fully saturated rings. The second-order valence-corrected chi connectivity index (χ2v) is 9.07. The van der Waals surface area contributed by atoms with Gasteiger partial charge in [-0.05, 0) is 32.4 Å². The zero-order valence-corrected chi connectivity index (χ0v) is 19.3. The Balaban J connectivity index is 1.90. The number of aryl methyl sites for hydroxylation is 1. The summed E-state index contributed by atoms with van der Waals surface area (Å²) in [5.41, 5.74) is -0.775. The van der Waals surface area contributed by atoms with E-state index >= 15 is 0 Å². The van der Waals surface area contributed by atoms with E-state index in [1.807, 2.05) is 13.8 Å². The van der Waals surface area contributed by atoms with Gasteiger partial charge in [0.25, 0.3) is 5.91 Å². The Morgan fingerprint density at radius 1 is 1.23 bits per heavy atom. The maximum atomic E-state index is 12.6. The molecule has 3 amide bonds. The van der Waals surface area contributed by atoms with Crippen LogP contribution in [0.15, 0.2) is 10.6 Å². The molecule has 10 nitrogen and oxygen atoms in total. The lowest BCUT2D eigenvalue weighted by Crippen LogP contribution is -2.52. The molecule has 0 aromatic carbocycles. The molecule has 0 unspecified atom stereocenters. The molecule has 0 aliphatic carbocycles. The van der Waals surface area contributed by atoms with Gasteiger partial charge in [-0.3, -0.25) is 19.2 Å². The molecule has 11 heteroatoms. The minimum atomic E-state index is -0.862. The Morgan fingerprint density at radius 3 is 2.42 bits per heavy atom. The van der Waals surface area contributed by atoms with Crippen molar-refractivity contribution in [2.24, 2.45) is 5.92 Å². The highest BCUT2D eigenvalue weighted by atomic mass is 32.2. The quantitative estimate of drug-likeness (QED) is 0.386. The van der Waals surface area contributed by atoms with Gasteiger partial charge in [-0.2, -0.15) is 11.8 Å². The molecule has 0 bridgehead atoms. The van der Waals surface area contributed by atoms with Crippen LogP contribution in [0.3, 0.4) is 0 Å². The number of nitrogens with one attached hydrogen (secondary N) is 3. The number of ketones is 1. The molecule has 0 spiro atoms. The monoisotopic (exact) mass is 454 g/mol. The highest BCUT2D eigenvalue weighted by molar-refractivity contribution is 7.98. The smallest absolute Gasteiger partial charge is 0.274 e. The molecule has 1 aliphatic heterocycles. The number of thioether (sulfide) groups is 1. The van der Waals surface area contributed by atoms with E-state index in [9.17, 15) is 19.2 Å². The summed E-state index contributed by atoms with van der Waals surface area (Å²) in [5.74, 6) is -0.747. The van der Waals surface area contributed by atoms with E-state index in [0.29, 0.717) is 24.5 Å². The summed E-state index contributed by atoms with van der Waals surface area (Å²) in [6.45, 7) is 7.28. The van der Waals surface area contributed by atoms with E-state index in [4.69, 9.17) is 9.26 Å². The number of epoxide rings is 1. The van der Waals surface area contributed by atoms with E-state index in [0.717, 1.165) is 0 Å². The van der Waals surface area contributed by atoms with Gasteiger partial charge in [0.05, 0.1) is 19.2 Å². The number of ether oxygens (including phenoxy) is 1. The van der Waals surface area contributed by atoms with E-state index in [2.05, 4.69) is 21.1 Å². The van der Waals surface area contributed by atoms with Crippen molar-refractivity contribution in [2.75, 3.05) is 25.2 Å². The highest BCUT2D eigenvalue weighted by Crippen LogP contribution is 2.29. The van der Waals surface area contributed by atoms with E-state index in [-0.39, 0.29) is 23.9 Å². The zero-order valence-electron chi connectivity index (χ0n) is 18.4. The summed E-state index contributed by atoms with van der Waals surface area (Å²) in [7, 11) is 0. The number of rotatable bonds is 12. The first-order chi connectivity index (χ1) is 14.6. The van der Waals surface area contributed by atoms with Crippen molar-refractivity contribution in [1.29, 1.82) is 0 Å². The van der Waals surface area contributed by atoms with Crippen molar-refractivity contribution in [3.8, 4) is 0 Å². The maximum Gasteiger partial charge on any atom is 0.274 e. The first-order valence-electron chi connectivity index (χ1n) is 10.0. The van der Waals surface area contributed by atoms with Gasteiger partial charge in [0.1, 0.15) is 17.4 Å². The normalized spacial score (nSPS) is 19.4. The Labute approximate surface area is 185 Å². The van der Waals surface area contributed by atoms with Crippen LogP contribution in [0.1, 0.15) is 43.4 Å². The fraction of sp³-hybridized carbons (Fsp3) is 0.650. The summed E-state index contributed by atoms with van der Waals surface area (Å²) < 4.78 is 10.1. The lowest BCUT2D eigenvalue weighted by Gasteiger charge is -2.22. The second-order valence-electron chi connectivity index (χ2n) is 8.16. The van der Waals surface area contributed by atoms with Gasteiger partial charge >= 0.3 is 0 Å².